The van der Waals surface area contributed by atoms with Crippen LogP contribution < -0.4 is 11.1 Å². The Labute approximate surface area is 169 Å². The van der Waals surface area contributed by atoms with Crippen molar-refractivity contribution in [2.75, 3.05) is 11.9 Å². The van der Waals surface area contributed by atoms with Gasteiger partial charge in [0, 0.05) is 35.7 Å². The number of hydrogen-bond donors (Lipinski definition) is 2. The first-order chi connectivity index (χ1) is 12.6. The second-order valence-corrected chi connectivity index (χ2v) is 8.67. The van der Waals surface area contributed by atoms with Gasteiger partial charge in [0.25, 0.3) is 0 Å². The van der Waals surface area contributed by atoms with Crippen molar-refractivity contribution in [2.45, 2.75) is 38.5 Å². The van der Waals surface area contributed by atoms with Gasteiger partial charge in [0.2, 0.25) is 0 Å². The summed E-state index contributed by atoms with van der Waals surface area (Å²) in [5.74, 6) is 0. The standard InChI is InChI=1S/C18H20BrClN4OS/c1-10-15(17-12(21)5-2-6-25-17)18(19)24-16(10)13(8-14(20)23-24)22-9-11-4-3-7-26-11/h3-4,7-8,12,17,22H,2,5-6,9,21H2,1H3/t12-,17-/m0/s1. The molecule has 26 heavy (non-hydrogen) atoms. The number of nitrogens with zero attached hydrogens (tertiary/aromatic N) is 2. The number of nitrogens with two attached hydrogens (primary N) is 1. The SMILES string of the molecule is Cc1c([C@H]2OCCC[C@@H]2N)c(Br)n2nc(Cl)cc(NCc3cccs3)c12. The van der Waals surface area contributed by atoms with Crippen LogP contribution in [0.3, 0.4) is 0 Å². The first-order valence-corrected chi connectivity index (χ1v) is 10.6. The molecule has 0 aromatic carbocycles. The molecule has 1 saturated heterocycles. The minimum Gasteiger partial charge on any atom is -0.378 e. The molecule has 4 heterocycles. The van der Waals surface area contributed by atoms with Gasteiger partial charge in [0.1, 0.15) is 10.7 Å². The molecule has 1 fully saturated rings. The number of ether oxygens (including phenoxy) is 1. The minimum absolute atomic E-state index is 0.0193. The predicted molar refractivity (Wildman–Crippen MR) is 110 cm³/mol. The number of fused-ring (bicyclic) bond motifs is 1. The van der Waals surface area contributed by atoms with Crippen molar-refractivity contribution in [3.05, 3.63) is 49.3 Å². The van der Waals surface area contributed by atoms with E-state index in [1.165, 1.54) is 4.88 Å². The Morgan fingerprint density at radius 3 is 3.12 bits per heavy atom. The van der Waals surface area contributed by atoms with Crippen LogP contribution in [0.4, 0.5) is 5.69 Å². The molecule has 4 rings (SSSR count). The van der Waals surface area contributed by atoms with Crippen LogP contribution in [0.15, 0.2) is 28.2 Å². The maximum atomic E-state index is 6.35. The fourth-order valence-electron chi connectivity index (χ4n) is 3.54. The van der Waals surface area contributed by atoms with E-state index in [2.05, 4.69) is 50.8 Å². The van der Waals surface area contributed by atoms with Gasteiger partial charge in [0.05, 0.1) is 11.2 Å². The molecule has 3 N–H and O–H groups in total. The van der Waals surface area contributed by atoms with Gasteiger partial charge in [-0.15, -0.1) is 11.3 Å². The summed E-state index contributed by atoms with van der Waals surface area (Å²) < 4.78 is 8.71. The van der Waals surface area contributed by atoms with E-state index in [1.807, 2.05) is 10.6 Å². The number of nitrogens with one attached hydrogen (secondary N) is 1. The topological polar surface area (TPSA) is 64.6 Å². The third kappa shape index (κ3) is 3.27. The van der Waals surface area contributed by atoms with E-state index in [9.17, 15) is 0 Å². The zero-order chi connectivity index (χ0) is 18.3. The summed E-state index contributed by atoms with van der Waals surface area (Å²) in [4.78, 5) is 1.26. The van der Waals surface area contributed by atoms with E-state index in [4.69, 9.17) is 22.1 Å². The van der Waals surface area contributed by atoms with E-state index in [0.29, 0.717) is 5.15 Å². The second-order valence-electron chi connectivity index (χ2n) is 6.50. The molecular formula is C18H20BrClN4OS. The largest absolute Gasteiger partial charge is 0.378 e. The highest BCUT2D eigenvalue weighted by atomic mass is 79.9. The summed E-state index contributed by atoms with van der Waals surface area (Å²) >= 11 is 11.7. The van der Waals surface area contributed by atoms with Crippen molar-refractivity contribution in [2.24, 2.45) is 5.73 Å². The molecule has 2 atom stereocenters. The van der Waals surface area contributed by atoms with E-state index >= 15 is 0 Å². The summed E-state index contributed by atoms with van der Waals surface area (Å²) in [5, 5.41) is 10.5. The Balaban J connectivity index is 1.79. The number of halogens is 2. The zero-order valence-electron chi connectivity index (χ0n) is 14.3. The van der Waals surface area contributed by atoms with Crippen LogP contribution in [0.2, 0.25) is 5.15 Å². The van der Waals surface area contributed by atoms with Gasteiger partial charge < -0.3 is 15.8 Å². The normalized spacial score (nSPS) is 20.6. The molecule has 8 heteroatoms. The van der Waals surface area contributed by atoms with Gasteiger partial charge in [0.15, 0.2) is 5.15 Å². The minimum atomic E-state index is -0.135. The molecule has 3 aromatic heterocycles. The Morgan fingerprint density at radius 2 is 2.38 bits per heavy atom. The molecule has 5 nitrogen and oxygen atoms in total. The summed E-state index contributed by atoms with van der Waals surface area (Å²) in [6.45, 7) is 3.56. The molecule has 1 aliphatic heterocycles. The first-order valence-electron chi connectivity index (χ1n) is 8.57. The van der Waals surface area contributed by atoms with Gasteiger partial charge in [-0.05, 0) is 52.7 Å². The molecule has 0 amide bonds. The highest BCUT2D eigenvalue weighted by Gasteiger charge is 2.31. The fourth-order valence-corrected chi connectivity index (χ4v) is 5.15. The maximum absolute atomic E-state index is 6.35. The van der Waals surface area contributed by atoms with E-state index in [0.717, 1.165) is 52.9 Å². The molecule has 0 radical (unpaired) electrons. The second kappa shape index (κ2) is 7.48. The first kappa shape index (κ1) is 18.3. The van der Waals surface area contributed by atoms with Crippen LogP contribution in [-0.4, -0.2) is 22.3 Å². The fraction of sp³-hybridized carbons (Fsp3) is 0.389. The van der Waals surface area contributed by atoms with Gasteiger partial charge in [-0.3, -0.25) is 0 Å². The average molecular weight is 456 g/mol. The van der Waals surface area contributed by atoms with E-state index in [1.54, 1.807) is 11.3 Å². The maximum Gasteiger partial charge on any atom is 0.152 e. The average Bonchev–Trinajstić information content (AvgIpc) is 3.22. The molecule has 0 spiro atoms. The van der Waals surface area contributed by atoms with E-state index in [-0.39, 0.29) is 12.1 Å². The lowest BCUT2D eigenvalue weighted by molar-refractivity contribution is -0.000595. The smallest absolute Gasteiger partial charge is 0.152 e. The molecule has 0 unspecified atom stereocenters. The zero-order valence-corrected chi connectivity index (χ0v) is 17.5. The van der Waals surface area contributed by atoms with Crippen molar-refractivity contribution >= 4 is 50.1 Å². The van der Waals surface area contributed by atoms with Crippen molar-refractivity contribution in [3.8, 4) is 0 Å². The predicted octanol–water partition coefficient (Wildman–Crippen LogP) is 4.91. The summed E-state index contributed by atoms with van der Waals surface area (Å²) in [6, 6.07) is 6.01. The highest BCUT2D eigenvalue weighted by Crippen LogP contribution is 2.40. The summed E-state index contributed by atoms with van der Waals surface area (Å²) in [7, 11) is 0. The van der Waals surface area contributed by atoms with Crippen LogP contribution in [0, 0.1) is 6.92 Å². The van der Waals surface area contributed by atoms with Crippen molar-refractivity contribution < 1.29 is 4.74 Å². The number of aromatic nitrogens is 2. The molecule has 0 bridgehead atoms. The lowest BCUT2D eigenvalue weighted by atomic mass is 9.96. The quantitative estimate of drug-likeness (QED) is 0.586. The van der Waals surface area contributed by atoms with Crippen LogP contribution in [0.1, 0.15) is 34.9 Å². The Bertz CT molecular complexity index is 927. The third-order valence-corrected chi connectivity index (χ3v) is 6.60. The van der Waals surface area contributed by atoms with Gasteiger partial charge in [-0.1, -0.05) is 17.7 Å². The van der Waals surface area contributed by atoms with Crippen molar-refractivity contribution in [1.29, 1.82) is 0 Å². The van der Waals surface area contributed by atoms with Crippen LogP contribution >= 0.6 is 38.9 Å². The van der Waals surface area contributed by atoms with Crippen molar-refractivity contribution in [3.63, 3.8) is 0 Å². The number of anilines is 1. The Morgan fingerprint density at radius 1 is 1.54 bits per heavy atom. The molecule has 3 aromatic rings. The monoisotopic (exact) mass is 454 g/mol. The van der Waals surface area contributed by atoms with Gasteiger partial charge in [-0.25, -0.2) is 4.52 Å². The molecular weight excluding hydrogens is 436 g/mol. The third-order valence-electron chi connectivity index (χ3n) is 4.78. The molecule has 1 aliphatic rings. The van der Waals surface area contributed by atoms with Gasteiger partial charge >= 0.3 is 0 Å². The van der Waals surface area contributed by atoms with Crippen LogP contribution in [0.5, 0.6) is 0 Å². The number of aryl methyl sites for hydroxylation is 1. The lowest BCUT2D eigenvalue weighted by Gasteiger charge is -2.29. The van der Waals surface area contributed by atoms with Crippen LogP contribution in [0.25, 0.3) is 5.52 Å². The summed E-state index contributed by atoms with van der Waals surface area (Å²) in [5.41, 5.74) is 10.5. The summed E-state index contributed by atoms with van der Waals surface area (Å²) in [6.07, 6.45) is 1.82. The lowest BCUT2D eigenvalue weighted by Crippen LogP contribution is -2.34. The van der Waals surface area contributed by atoms with Gasteiger partial charge in [-0.2, -0.15) is 5.10 Å². The van der Waals surface area contributed by atoms with Crippen LogP contribution in [-0.2, 0) is 11.3 Å². The number of hydrogen-bond acceptors (Lipinski definition) is 5. The molecule has 0 saturated carbocycles. The van der Waals surface area contributed by atoms with Crippen molar-refractivity contribution in [1.82, 2.24) is 9.61 Å². The Kier molecular flexibility index (Phi) is 5.25. The molecule has 138 valence electrons. The molecule has 0 aliphatic carbocycles. The van der Waals surface area contributed by atoms with E-state index < -0.39 is 0 Å². The highest BCUT2D eigenvalue weighted by molar-refractivity contribution is 9.10. The number of rotatable bonds is 4. The Hall–Kier alpha value is -1.12. The number of thiophene rings is 1.